The van der Waals surface area contributed by atoms with Crippen LogP contribution < -0.4 is 31.3 Å². The molecule has 5 fully saturated rings. The number of hydrogen-bond donors (Lipinski definition) is 5. The van der Waals surface area contributed by atoms with Gasteiger partial charge in [0.05, 0.1) is 39.2 Å². The van der Waals surface area contributed by atoms with E-state index in [1.165, 1.54) is 29.7 Å². The smallest absolute Gasteiger partial charge is 0.355 e. The maximum absolute atomic E-state index is 13.4. The molecule has 24 nitrogen and oxygen atoms in total. The van der Waals surface area contributed by atoms with Crippen molar-refractivity contribution in [2.75, 3.05) is 63.7 Å². The number of carboxylic acid groups (broad SMARTS) is 1. The number of fused-ring (bicyclic) bond motifs is 3. The number of amides is 5. The van der Waals surface area contributed by atoms with Crippen LogP contribution in [0, 0.1) is 28.6 Å². The van der Waals surface area contributed by atoms with Crippen molar-refractivity contribution in [3.8, 4) is 5.75 Å². The number of nitrogens with one attached hydrogen (secondary N) is 3. The standard InChI is InChI=1S/C68H83N15O9S/c1-42-32-53(77-78-58(42)75-63-72-48-20-12-13-22-51(48)93-63)82(52-25-23-45(57(73-52)62(89)90)47(33-69)43(2)71-41-66-36-64(3)38-67(92-31-30-80(5)6)39-65(4,37-66)68(64,67)40-66)29-16-10-15-28-81-34-44(76-79-81)18-11-8-7-9-14-27-70-55(85)35-91-50-21-17-19-46-56(50)61(88)83(60(46)87)49-24-26-54(84)74-59(49)86/h12-13,17,19-23,25,32-34,49H,7-11,14-16,18,24,26-31,35-41,69H2,1-6H3,(H,70,85)(H,89,90)(H,72,75,78)(H,74,84,86). The van der Waals surface area contributed by atoms with Gasteiger partial charge in [0.25, 0.3) is 17.7 Å². The molecular weight excluding hydrogens is 1200 g/mol. The number of carbonyl (C=O) groups is 6. The predicted molar refractivity (Wildman–Crippen MR) is 352 cm³/mol. The maximum atomic E-state index is 13.4. The number of para-hydroxylation sites is 1. The zero-order valence-electron chi connectivity index (χ0n) is 53.9. The lowest BCUT2D eigenvalue weighted by Gasteiger charge is -2.82. The summed E-state index contributed by atoms with van der Waals surface area (Å²) in [4.78, 5) is 96.5. The van der Waals surface area contributed by atoms with E-state index in [0.717, 1.165) is 129 Å². The number of aromatic carboxylic acids is 1. The molecule has 1 saturated heterocycles. The Balaban J connectivity index is 0.623. The molecule has 4 aliphatic carbocycles. The van der Waals surface area contributed by atoms with E-state index in [4.69, 9.17) is 35.3 Å². The molecule has 6 aromatic rings. The van der Waals surface area contributed by atoms with E-state index in [-0.39, 0.29) is 75.2 Å². The van der Waals surface area contributed by atoms with Gasteiger partial charge in [0.1, 0.15) is 17.6 Å². The first-order valence-corrected chi connectivity index (χ1v) is 33.3. The maximum Gasteiger partial charge on any atom is 0.355 e. The van der Waals surface area contributed by atoms with E-state index in [2.05, 4.69) is 64.2 Å². The van der Waals surface area contributed by atoms with Crippen molar-refractivity contribution in [2.24, 2.45) is 32.4 Å². The lowest BCUT2D eigenvalue weighted by molar-refractivity contribution is -0.396. The number of unbranched alkanes of at least 4 members (excludes halogenated alkanes) is 6. The monoisotopic (exact) mass is 1290 g/mol. The Morgan fingerprint density at radius 3 is 2.41 bits per heavy atom. The number of piperidine rings is 1. The number of anilines is 4. The molecule has 2 bridgehead atoms. The lowest BCUT2D eigenvalue weighted by Crippen LogP contribution is -2.82. The first-order valence-electron chi connectivity index (χ1n) is 32.5. The van der Waals surface area contributed by atoms with Crippen LogP contribution >= 0.6 is 11.3 Å². The summed E-state index contributed by atoms with van der Waals surface area (Å²) in [6, 6.07) is 16.9. The summed E-state index contributed by atoms with van der Waals surface area (Å²) in [5.41, 5.74) is 11.2. The molecule has 2 aromatic carbocycles. The van der Waals surface area contributed by atoms with Crippen molar-refractivity contribution < 1.29 is 43.3 Å². The van der Waals surface area contributed by atoms with Crippen LogP contribution in [0.15, 0.2) is 78.1 Å². The molecule has 3 unspecified atom stereocenters. The van der Waals surface area contributed by atoms with E-state index in [1.807, 2.05) is 66.0 Å². The van der Waals surface area contributed by atoms with Gasteiger partial charge in [-0.3, -0.25) is 43.9 Å². The summed E-state index contributed by atoms with van der Waals surface area (Å²) in [7, 11) is 4.18. The SMILES string of the molecule is CC(=NCC12CC3(C)CC4(OCCN(C)C)CC(C)(C1)C34C2)C(=CN)c1ccc(N(CCCCCn2cc(CCCCCCCNC(=O)COc3cccc4c3C(=O)N(C3CCC(=O)NC3=O)C4=O)nn2)c2cc(C)c(Nc3nc4ccccc4s3)nn2)nc1C(=O)O. The lowest BCUT2D eigenvalue weighted by atomic mass is 9.25. The molecule has 4 aromatic heterocycles. The van der Waals surface area contributed by atoms with E-state index in [1.54, 1.807) is 12.1 Å². The third-order valence-corrected chi connectivity index (χ3v) is 21.4. The van der Waals surface area contributed by atoms with Gasteiger partial charge in [-0.15, -0.1) is 15.3 Å². The topological polar surface area (TPSA) is 308 Å². The van der Waals surface area contributed by atoms with Gasteiger partial charge in [0, 0.05) is 73.8 Å². The van der Waals surface area contributed by atoms with Gasteiger partial charge in [-0.1, -0.05) is 67.9 Å². The Bertz CT molecular complexity index is 3920. The average molecular weight is 1290 g/mol. The fourth-order valence-corrected chi connectivity index (χ4v) is 17.8. The first-order chi connectivity index (χ1) is 44.7. The summed E-state index contributed by atoms with van der Waals surface area (Å²) >= 11 is 1.53. The van der Waals surface area contributed by atoms with Crippen LogP contribution in [0.25, 0.3) is 15.8 Å². The van der Waals surface area contributed by atoms with Gasteiger partial charge in [-0.05, 0) is 169 Å². The Morgan fingerprint density at radius 1 is 0.882 bits per heavy atom. The minimum atomic E-state index is -1.18. The number of imide groups is 2. The number of likely N-dealkylation sites (N-methyl/N-ethyl adjacent to an activating group) is 1. The Kier molecular flexibility index (Phi) is 18.1. The van der Waals surface area contributed by atoms with E-state index < -0.39 is 35.6 Å². The number of benzene rings is 2. The number of rotatable bonds is 31. The number of aliphatic imine (C=N–C) groups is 1. The number of aromatic nitrogens is 7. The number of thiazole rings is 1. The number of ether oxygens (including phenoxy) is 2. The summed E-state index contributed by atoms with van der Waals surface area (Å²) in [5.74, 6) is -2.52. The molecule has 490 valence electrons. The van der Waals surface area contributed by atoms with Gasteiger partial charge in [-0.2, -0.15) is 0 Å². The number of carbonyl (C=O) groups excluding carboxylic acids is 5. The fourth-order valence-electron chi connectivity index (χ4n) is 16.9. The van der Waals surface area contributed by atoms with Crippen molar-refractivity contribution in [2.45, 2.75) is 149 Å². The molecule has 3 atom stereocenters. The molecule has 2 aliphatic heterocycles. The zero-order chi connectivity index (χ0) is 65.5. The fraction of sp³-hybridized carbons (Fsp3) is 0.515. The molecule has 1 spiro atoms. The molecule has 12 rings (SSSR count). The van der Waals surface area contributed by atoms with Crippen LogP contribution in [0.1, 0.15) is 165 Å². The number of aryl methyl sites for hydroxylation is 3. The second-order valence-electron chi connectivity index (χ2n) is 27.2. The number of nitrogens with zero attached hydrogens (tertiary/aromatic N) is 11. The molecule has 5 amide bonds. The van der Waals surface area contributed by atoms with Crippen molar-refractivity contribution in [3.63, 3.8) is 0 Å². The van der Waals surface area contributed by atoms with Gasteiger partial charge in [-0.25, -0.2) is 14.8 Å². The summed E-state index contributed by atoms with van der Waals surface area (Å²) < 4.78 is 15.5. The summed E-state index contributed by atoms with van der Waals surface area (Å²) in [5, 5.41) is 38.1. The zero-order valence-corrected chi connectivity index (χ0v) is 54.7. The van der Waals surface area contributed by atoms with Gasteiger partial charge in [0.15, 0.2) is 29.1 Å². The van der Waals surface area contributed by atoms with E-state index >= 15 is 0 Å². The van der Waals surface area contributed by atoms with Gasteiger partial charge < -0.3 is 40.7 Å². The predicted octanol–water partition coefficient (Wildman–Crippen LogP) is 8.99. The Hall–Kier alpha value is -8.55. The van der Waals surface area contributed by atoms with Crippen LogP contribution in [-0.2, 0) is 32.1 Å². The number of allylic oxidation sites excluding steroid dienone is 1. The minimum absolute atomic E-state index is 0.00854. The van der Waals surface area contributed by atoms with Crippen LogP contribution in [0.2, 0.25) is 0 Å². The molecule has 0 radical (unpaired) electrons. The molecule has 4 saturated carbocycles. The van der Waals surface area contributed by atoms with Crippen LogP contribution in [0.4, 0.5) is 22.6 Å². The van der Waals surface area contributed by atoms with E-state index in [0.29, 0.717) is 65.6 Å². The summed E-state index contributed by atoms with van der Waals surface area (Å²) in [6.45, 7) is 12.3. The van der Waals surface area contributed by atoms with E-state index in [9.17, 15) is 33.9 Å². The number of pyridine rings is 1. The Morgan fingerprint density at radius 2 is 1.66 bits per heavy atom. The first kappa shape index (κ1) is 64.6. The highest BCUT2D eigenvalue weighted by molar-refractivity contribution is 7.22. The second-order valence-corrected chi connectivity index (χ2v) is 28.3. The van der Waals surface area contributed by atoms with Crippen molar-refractivity contribution in [1.29, 1.82) is 0 Å². The van der Waals surface area contributed by atoms with Crippen LogP contribution in [0.5, 0.6) is 5.75 Å². The molecule has 6 heterocycles. The molecule has 6 aliphatic rings. The number of nitrogens with two attached hydrogens (primary N) is 1. The average Bonchev–Trinajstić information content (AvgIpc) is 1.46. The Labute approximate surface area is 544 Å². The third kappa shape index (κ3) is 12.3. The van der Waals surface area contributed by atoms with Crippen molar-refractivity contribution in [1.82, 2.24) is 55.6 Å². The number of hydrogen-bond acceptors (Lipinski definition) is 20. The van der Waals surface area contributed by atoms with Gasteiger partial charge >= 0.3 is 5.97 Å². The quantitative estimate of drug-likeness (QED) is 0.0154. The minimum Gasteiger partial charge on any atom is -0.483 e. The largest absolute Gasteiger partial charge is 0.483 e. The molecular formula is C68H83N15O9S. The summed E-state index contributed by atoms with van der Waals surface area (Å²) in [6.07, 6.45) is 16.7. The molecule has 25 heteroatoms. The van der Waals surface area contributed by atoms with Crippen molar-refractivity contribution >= 4 is 90.9 Å². The molecule has 6 N–H and O–H groups in total. The third-order valence-electron chi connectivity index (χ3n) is 20.5. The highest BCUT2D eigenvalue weighted by Crippen LogP contribution is 2.95. The van der Waals surface area contributed by atoms with Crippen molar-refractivity contribution in [3.05, 3.63) is 107 Å². The van der Waals surface area contributed by atoms with Gasteiger partial charge in [0.2, 0.25) is 11.8 Å². The molecule has 93 heavy (non-hydrogen) atoms. The second kappa shape index (κ2) is 26.1. The van der Waals surface area contributed by atoms with Crippen LogP contribution in [0.3, 0.4) is 0 Å². The van der Waals surface area contributed by atoms with Crippen LogP contribution in [-0.4, -0.2) is 156 Å². The highest BCUT2D eigenvalue weighted by Gasteiger charge is 2.93. The number of carboxylic acids is 1. The normalized spacial score (nSPS) is 24.5. The highest BCUT2D eigenvalue weighted by atomic mass is 32.1.